The van der Waals surface area contributed by atoms with E-state index in [0.29, 0.717) is 11.1 Å². The predicted octanol–water partition coefficient (Wildman–Crippen LogP) is 3.60. The number of nitrogens with two attached hydrogens (primary N) is 1. The van der Waals surface area contributed by atoms with E-state index >= 15 is 0 Å². The Morgan fingerprint density at radius 1 is 1.10 bits per heavy atom. The maximum absolute atomic E-state index is 12.7. The lowest BCUT2D eigenvalue weighted by Gasteiger charge is -2.29. The fourth-order valence-electron chi connectivity index (χ4n) is 3.55. The summed E-state index contributed by atoms with van der Waals surface area (Å²) >= 11 is 0. The van der Waals surface area contributed by atoms with Crippen LogP contribution < -0.4 is 15.8 Å². The number of benzene rings is 1. The van der Waals surface area contributed by atoms with Gasteiger partial charge in [-0.3, -0.25) is 9.59 Å². The lowest BCUT2D eigenvalue weighted by molar-refractivity contribution is 0.0881. The number of carbonyl (C=O) groups is 2. The largest absolute Gasteiger partial charge is 0.474 e. The Morgan fingerprint density at radius 3 is 2.48 bits per heavy atom. The molecule has 3 rings (SSSR count). The van der Waals surface area contributed by atoms with Crippen LogP contribution in [-0.2, 0) is 5.41 Å². The highest BCUT2D eigenvalue weighted by Gasteiger charge is 2.26. The van der Waals surface area contributed by atoms with Crippen LogP contribution in [-0.4, -0.2) is 28.9 Å². The van der Waals surface area contributed by atoms with Gasteiger partial charge in [-0.2, -0.15) is 0 Å². The number of aromatic nitrogens is 1. The minimum Gasteiger partial charge on any atom is -0.474 e. The molecule has 0 bridgehead atoms. The van der Waals surface area contributed by atoms with Crippen LogP contribution in [0.15, 0.2) is 42.6 Å². The second-order valence-electron chi connectivity index (χ2n) is 8.62. The summed E-state index contributed by atoms with van der Waals surface area (Å²) in [4.78, 5) is 28.3. The Morgan fingerprint density at radius 2 is 1.83 bits per heavy atom. The van der Waals surface area contributed by atoms with Crippen LogP contribution in [0.5, 0.6) is 5.88 Å². The summed E-state index contributed by atoms with van der Waals surface area (Å²) in [6.45, 7) is 6.41. The average Bonchev–Trinajstić information content (AvgIpc) is 2.69. The topological polar surface area (TPSA) is 94.3 Å². The van der Waals surface area contributed by atoms with Crippen molar-refractivity contribution >= 4 is 11.8 Å². The summed E-state index contributed by atoms with van der Waals surface area (Å²) < 4.78 is 5.91. The molecule has 154 valence electrons. The predicted molar refractivity (Wildman–Crippen MR) is 112 cm³/mol. The molecule has 2 amide bonds. The molecule has 1 aliphatic rings. The molecule has 1 aliphatic carbocycles. The highest BCUT2D eigenvalue weighted by atomic mass is 16.5. The first kappa shape index (κ1) is 20.8. The molecule has 1 fully saturated rings. The molecule has 2 aromatic rings. The van der Waals surface area contributed by atoms with Crippen molar-refractivity contribution in [2.75, 3.05) is 0 Å². The minimum atomic E-state index is -0.550. The fourth-order valence-corrected chi connectivity index (χ4v) is 3.55. The SMILES string of the molecule is CC(C)(C)c1cccc(C(=O)NC2CCC(Oc3ncccc3C(N)=O)CC2)c1. The third-order valence-electron chi connectivity index (χ3n) is 5.32. The molecule has 0 aliphatic heterocycles. The number of nitrogens with zero attached hydrogens (tertiary/aromatic N) is 1. The van der Waals surface area contributed by atoms with Gasteiger partial charge in [0.15, 0.2) is 0 Å². The lowest BCUT2D eigenvalue weighted by atomic mass is 9.86. The number of rotatable bonds is 5. The van der Waals surface area contributed by atoms with Gasteiger partial charge in [-0.1, -0.05) is 32.9 Å². The summed E-state index contributed by atoms with van der Waals surface area (Å²) in [7, 11) is 0. The number of carbonyl (C=O) groups excluding carboxylic acids is 2. The maximum atomic E-state index is 12.7. The Hall–Kier alpha value is -2.89. The van der Waals surface area contributed by atoms with E-state index in [1.807, 2.05) is 18.2 Å². The van der Waals surface area contributed by atoms with Gasteiger partial charge in [-0.05, 0) is 60.9 Å². The number of primary amides is 1. The van der Waals surface area contributed by atoms with Crippen molar-refractivity contribution in [1.29, 1.82) is 0 Å². The third-order valence-corrected chi connectivity index (χ3v) is 5.32. The highest BCUT2D eigenvalue weighted by molar-refractivity contribution is 5.95. The van der Waals surface area contributed by atoms with E-state index in [1.54, 1.807) is 18.3 Å². The van der Waals surface area contributed by atoms with Crippen LogP contribution in [0.2, 0.25) is 0 Å². The molecule has 6 heteroatoms. The second kappa shape index (κ2) is 8.64. The van der Waals surface area contributed by atoms with Crippen LogP contribution in [0.1, 0.15) is 72.7 Å². The molecular formula is C23H29N3O3. The number of amides is 2. The first-order valence-corrected chi connectivity index (χ1v) is 10.1. The minimum absolute atomic E-state index is 0.000920. The van der Waals surface area contributed by atoms with Crippen molar-refractivity contribution in [1.82, 2.24) is 10.3 Å². The van der Waals surface area contributed by atoms with Crippen LogP contribution in [0.3, 0.4) is 0 Å². The standard InChI is InChI=1S/C23H29N3O3/c1-23(2,3)16-7-4-6-15(14-16)21(28)26-17-9-11-18(12-10-17)29-22-19(20(24)27)8-5-13-25-22/h4-8,13-14,17-18H,9-12H2,1-3H3,(H2,24,27)(H,26,28). The van der Waals surface area contributed by atoms with E-state index in [2.05, 4.69) is 37.1 Å². The number of nitrogens with one attached hydrogen (secondary N) is 1. The number of pyridine rings is 1. The molecule has 0 atom stereocenters. The Kier molecular flexibility index (Phi) is 6.20. The molecule has 29 heavy (non-hydrogen) atoms. The van der Waals surface area contributed by atoms with E-state index in [1.165, 1.54) is 0 Å². The van der Waals surface area contributed by atoms with E-state index in [-0.39, 0.29) is 29.3 Å². The highest BCUT2D eigenvalue weighted by Crippen LogP contribution is 2.26. The van der Waals surface area contributed by atoms with Crippen LogP contribution in [0.4, 0.5) is 0 Å². The van der Waals surface area contributed by atoms with Gasteiger partial charge >= 0.3 is 0 Å². The molecule has 6 nitrogen and oxygen atoms in total. The van der Waals surface area contributed by atoms with Crippen molar-refractivity contribution in [2.24, 2.45) is 5.73 Å². The summed E-state index contributed by atoms with van der Waals surface area (Å²) in [5, 5.41) is 3.14. The second-order valence-corrected chi connectivity index (χ2v) is 8.62. The lowest BCUT2D eigenvalue weighted by Crippen LogP contribution is -2.40. The normalized spacial score (nSPS) is 19.4. The Bertz CT molecular complexity index is 881. The molecule has 1 aromatic heterocycles. The first-order chi connectivity index (χ1) is 13.7. The number of ether oxygens (including phenoxy) is 1. The third kappa shape index (κ3) is 5.34. The summed E-state index contributed by atoms with van der Waals surface area (Å²) in [6.07, 6.45) is 4.73. The first-order valence-electron chi connectivity index (χ1n) is 10.1. The summed E-state index contributed by atoms with van der Waals surface area (Å²) in [6, 6.07) is 11.2. The van der Waals surface area contributed by atoms with Gasteiger partial charge in [0, 0.05) is 17.8 Å². The maximum Gasteiger partial charge on any atom is 0.254 e. The fraction of sp³-hybridized carbons (Fsp3) is 0.435. The molecule has 0 radical (unpaired) electrons. The number of hydrogen-bond donors (Lipinski definition) is 2. The smallest absolute Gasteiger partial charge is 0.254 e. The molecular weight excluding hydrogens is 366 g/mol. The molecule has 0 saturated heterocycles. The van der Waals surface area contributed by atoms with Crippen molar-refractivity contribution < 1.29 is 14.3 Å². The van der Waals surface area contributed by atoms with Gasteiger partial charge in [0.2, 0.25) is 5.88 Å². The summed E-state index contributed by atoms with van der Waals surface area (Å²) in [5.41, 5.74) is 7.51. The summed E-state index contributed by atoms with van der Waals surface area (Å²) in [5.74, 6) is -0.306. The van der Waals surface area contributed by atoms with Crippen LogP contribution in [0, 0.1) is 0 Å². The number of hydrogen-bond acceptors (Lipinski definition) is 4. The average molecular weight is 396 g/mol. The zero-order valence-corrected chi connectivity index (χ0v) is 17.3. The van der Waals surface area contributed by atoms with Crippen molar-refractivity contribution in [3.05, 3.63) is 59.3 Å². The van der Waals surface area contributed by atoms with Gasteiger partial charge in [-0.25, -0.2) is 4.98 Å². The Labute approximate surface area is 171 Å². The zero-order chi connectivity index (χ0) is 21.0. The van der Waals surface area contributed by atoms with Gasteiger partial charge in [0.05, 0.1) is 0 Å². The van der Waals surface area contributed by atoms with Gasteiger partial charge < -0.3 is 15.8 Å². The van der Waals surface area contributed by atoms with Crippen molar-refractivity contribution in [3.63, 3.8) is 0 Å². The van der Waals surface area contributed by atoms with E-state index in [9.17, 15) is 9.59 Å². The molecule has 3 N–H and O–H groups in total. The molecule has 1 saturated carbocycles. The molecule has 0 spiro atoms. The molecule has 1 heterocycles. The van der Waals surface area contributed by atoms with E-state index in [4.69, 9.17) is 10.5 Å². The van der Waals surface area contributed by atoms with Crippen molar-refractivity contribution in [3.8, 4) is 5.88 Å². The van der Waals surface area contributed by atoms with E-state index in [0.717, 1.165) is 31.2 Å². The Balaban J connectivity index is 1.55. The van der Waals surface area contributed by atoms with Crippen LogP contribution in [0.25, 0.3) is 0 Å². The molecule has 1 aromatic carbocycles. The van der Waals surface area contributed by atoms with Gasteiger partial charge in [0.1, 0.15) is 11.7 Å². The quantitative estimate of drug-likeness (QED) is 0.809. The van der Waals surface area contributed by atoms with Crippen LogP contribution >= 0.6 is 0 Å². The van der Waals surface area contributed by atoms with Crippen molar-refractivity contribution in [2.45, 2.75) is 64.0 Å². The monoisotopic (exact) mass is 395 g/mol. The van der Waals surface area contributed by atoms with Gasteiger partial charge in [-0.15, -0.1) is 0 Å². The molecule has 0 unspecified atom stereocenters. The van der Waals surface area contributed by atoms with Gasteiger partial charge in [0.25, 0.3) is 11.8 Å². The zero-order valence-electron chi connectivity index (χ0n) is 17.3. The van der Waals surface area contributed by atoms with E-state index < -0.39 is 5.91 Å².